The fraction of sp³-hybridized carbons (Fsp3) is 0.750. The molecule has 1 aliphatic carbocycles. The van der Waals surface area contributed by atoms with Crippen molar-refractivity contribution in [1.29, 1.82) is 0 Å². The van der Waals surface area contributed by atoms with Crippen LogP contribution in [0.3, 0.4) is 0 Å². The summed E-state index contributed by atoms with van der Waals surface area (Å²) in [6.07, 6.45) is 9.42. The molecule has 1 aromatic heterocycles. The van der Waals surface area contributed by atoms with Crippen LogP contribution in [0.4, 0.5) is 11.8 Å². The van der Waals surface area contributed by atoms with Gasteiger partial charge in [-0.2, -0.15) is 4.98 Å². The van der Waals surface area contributed by atoms with Crippen LogP contribution in [-0.4, -0.2) is 23.1 Å². The Morgan fingerprint density at radius 2 is 2.14 bits per heavy atom. The number of anilines is 2. The number of halogens is 1. The largest absolute Gasteiger partial charge is 0.369 e. The quantitative estimate of drug-likeness (QED) is 0.774. The molecular formula is C16H27ClN4. The Balaban J connectivity index is 1.81. The summed E-state index contributed by atoms with van der Waals surface area (Å²) in [4.78, 5) is 8.63. The van der Waals surface area contributed by atoms with E-state index >= 15 is 0 Å². The van der Waals surface area contributed by atoms with Gasteiger partial charge in [-0.1, -0.05) is 44.7 Å². The Morgan fingerprint density at radius 3 is 2.90 bits per heavy atom. The molecule has 0 aliphatic heterocycles. The molecule has 1 fully saturated rings. The molecule has 1 aliphatic rings. The van der Waals surface area contributed by atoms with Gasteiger partial charge in [0.15, 0.2) is 0 Å². The second kappa shape index (κ2) is 8.42. The minimum absolute atomic E-state index is 0.592. The first-order chi connectivity index (χ1) is 10.2. The highest BCUT2D eigenvalue weighted by Gasteiger charge is 2.18. The zero-order valence-electron chi connectivity index (χ0n) is 13.2. The molecule has 4 nitrogen and oxygen atoms in total. The fourth-order valence-electron chi connectivity index (χ4n) is 3.03. The lowest BCUT2D eigenvalue weighted by Gasteiger charge is -2.26. The maximum Gasteiger partial charge on any atom is 0.224 e. The van der Waals surface area contributed by atoms with E-state index in [9.17, 15) is 0 Å². The van der Waals surface area contributed by atoms with Crippen molar-refractivity contribution in [3.8, 4) is 0 Å². The van der Waals surface area contributed by atoms with E-state index < -0.39 is 0 Å². The van der Waals surface area contributed by atoms with E-state index in [1.807, 2.05) is 0 Å². The topological polar surface area (TPSA) is 49.8 Å². The van der Waals surface area contributed by atoms with Crippen molar-refractivity contribution in [1.82, 2.24) is 9.97 Å². The van der Waals surface area contributed by atoms with Crippen LogP contribution in [0.5, 0.6) is 0 Å². The average Bonchev–Trinajstić information content (AvgIpc) is 2.48. The predicted molar refractivity (Wildman–Crippen MR) is 90.1 cm³/mol. The molecule has 1 heterocycles. The molecule has 1 aromatic rings. The second-order valence-corrected chi connectivity index (χ2v) is 6.58. The van der Waals surface area contributed by atoms with Crippen molar-refractivity contribution in [3.63, 3.8) is 0 Å². The molecule has 1 saturated carbocycles. The van der Waals surface area contributed by atoms with Gasteiger partial charge in [0.05, 0.1) is 6.20 Å². The van der Waals surface area contributed by atoms with E-state index in [4.69, 9.17) is 11.6 Å². The summed E-state index contributed by atoms with van der Waals surface area (Å²) in [5.74, 6) is 3.12. The summed E-state index contributed by atoms with van der Waals surface area (Å²) in [5.41, 5.74) is 0. The number of rotatable bonds is 7. The Morgan fingerprint density at radius 1 is 1.29 bits per heavy atom. The van der Waals surface area contributed by atoms with Crippen molar-refractivity contribution in [3.05, 3.63) is 11.2 Å². The maximum absolute atomic E-state index is 6.16. The Labute approximate surface area is 133 Å². The van der Waals surface area contributed by atoms with Crippen LogP contribution in [0.25, 0.3) is 0 Å². The Hall–Kier alpha value is -1.03. The normalized spacial score (nSPS) is 22.0. The lowest BCUT2D eigenvalue weighted by atomic mass is 9.81. The SMILES string of the molecule is CCCNc1ncc(Cl)c(NCCC2CCCC(C)C2)n1. The number of hydrogen-bond donors (Lipinski definition) is 2. The van der Waals surface area contributed by atoms with Gasteiger partial charge in [-0.25, -0.2) is 4.98 Å². The molecule has 0 bridgehead atoms. The fourth-order valence-corrected chi connectivity index (χ4v) is 3.19. The molecule has 2 atom stereocenters. The van der Waals surface area contributed by atoms with Gasteiger partial charge in [-0.3, -0.25) is 0 Å². The summed E-state index contributed by atoms with van der Waals surface area (Å²) in [5, 5.41) is 7.15. The van der Waals surface area contributed by atoms with E-state index in [0.717, 1.165) is 37.2 Å². The van der Waals surface area contributed by atoms with Gasteiger partial charge < -0.3 is 10.6 Å². The van der Waals surface area contributed by atoms with E-state index in [-0.39, 0.29) is 0 Å². The molecule has 118 valence electrons. The summed E-state index contributed by atoms with van der Waals surface area (Å²) in [6, 6.07) is 0. The predicted octanol–water partition coefficient (Wildman–Crippen LogP) is 4.58. The van der Waals surface area contributed by atoms with Crippen LogP contribution < -0.4 is 10.6 Å². The molecule has 0 radical (unpaired) electrons. The summed E-state index contributed by atoms with van der Waals surface area (Å²) < 4.78 is 0. The molecule has 2 N–H and O–H groups in total. The number of hydrogen-bond acceptors (Lipinski definition) is 4. The number of aromatic nitrogens is 2. The molecule has 2 rings (SSSR count). The van der Waals surface area contributed by atoms with Crippen molar-refractivity contribution < 1.29 is 0 Å². The lowest BCUT2D eigenvalue weighted by molar-refractivity contribution is 0.274. The van der Waals surface area contributed by atoms with Gasteiger partial charge in [0, 0.05) is 13.1 Å². The van der Waals surface area contributed by atoms with Crippen LogP contribution in [0.2, 0.25) is 5.02 Å². The monoisotopic (exact) mass is 310 g/mol. The van der Waals surface area contributed by atoms with E-state index in [0.29, 0.717) is 11.0 Å². The van der Waals surface area contributed by atoms with Crippen LogP contribution >= 0.6 is 11.6 Å². The molecule has 0 aromatic carbocycles. The van der Waals surface area contributed by atoms with Crippen molar-refractivity contribution in [2.45, 2.75) is 52.4 Å². The molecular weight excluding hydrogens is 284 g/mol. The van der Waals surface area contributed by atoms with Gasteiger partial charge in [0.2, 0.25) is 5.95 Å². The first kappa shape index (κ1) is 16.3. The summed E-state index contributed by atoms with van der Waals surface area (Å²) in [7, 11) is 0. The van der Waals surface area contributed by atoms with Crippen LogP contribution in [0.15, 0.2) is 6.20 Å². The molecule has 0 spiro atoms. The van der Waals surface area contributed by atoms with Crippen LogP contribution in [0.1, 0.15) is 52.4 Å². The van der Waals surface area contributed by atoms with Gasteiger partial charge in [-0.15, -0.1) is 0 Å². The third-order valence-corrected chi connectivity index (χ3v) is 4.44. The minimum Gasteiger partial charge on any atom is -0.369 e. The zero-order chi connectivity index (χ0) is 15.1. The highest BCUT2D eigenvalue weighted by Crippen LogP contribution is 2.30. The third kappa shape index (κ3) is 5.34. The van der Waals surface area contributed by atoms with Crippen molar-refractivity contribution in [2.24, 2.45) is 11.8 Å². The van der Waals surface area contributed by atoms with E-state index in [1.165, 1.54) is 32.1 Å². The van der Waals surface area contributed by atoms with Gasteiger partial charge in [-0.05, 0) is 31.1 Å². The van der Waals surface area contributed by atoms with Crippen molar-refractivity contribution >= 4 is 23.4 Å². The standard InChI is InChI=1S/C16H27ClN4/c1-3-8-19-16-20-11-14(17)15(21-16)18-9-7-13-6-4-5-12(2)10-13/h11-13H,3-10H2,1-2H3,(H2,18,19,20,21). The molecule has 21 heavy (non-hydrogen) atoms. The number of nitrogens with one attached hydrogen (secondary N) is 2. The third-order valence-electron chi connectivity index (χ3n) is 4.17. The first-order valence-corrected chi connectivity index (χ1v) is 8.57. The molecule has 5 heteroatoms. The number of nitrogens with zero attached hydrogens (tertiary/aromatic N) is 2. The highest BCUT2D eigenvalue weighted by atomic mass is 35.5. The first-order valence-electron chi connectivity index (χ1n) is 8.19. The zero-order valence-corrected chi connectivity index (χ0v) is 13.9. The molecule has 0 amide bonds. The summed E-state index contributed by atoms with van der Waals surface area (Å²) in [6.45, 7) is 6.29. The van der Waals surface area contributed by atoms with Crippen molar-refractivity contribution in [2.75, 3.05) is 23.7 Å². The lowest BCUT2D eigenvalue weighted by Crippen LogP contribution is -2.17. The minimum atomic E-state index is 0.592. The average molecular weight is 311 g/mol. The smallest absolute Gasteiger partial charge is 0.224 e. The van der Waals surface area contributed by atoms with Crippen LogP contribution in [0, 0.1) is 11.8 Å². The van der Waals surface area contributed by atoms with Gasteiger partial charge in [0.1, 0.15) is 10.8 Å². The molecule has 2 unspecified atom stereocenters. The van der Waals surface area contributed by atoms with Crippen LogP contribution in [-0.2, 0) is 0 Å². The highest BCUT2D eigenvalue weighted by molar-refractivity contribution is 6.32. The molecule has 0 saturated heterocycles. The van der Waals surface area contributed by atoms with Gasteiger partial charge >= 0.3 is 0 Å². The second-order valence-electron chi connectivity index (χ2n) is 6.17. The Kier molecular flexibility index (Phi) is 6.55. The summed E-state index contributed by atoms with van der Waals surface area (Å²) >= 11 is 6.16. The van der Waals surface area contributed by atoms with E-state index in [1.54, 1.807) is 6.20 Å². The van der Waals surface area contributed by atoms with E-state index in [2.05, 4.69) is 34.4 Å². The van der Waals surface area contributed by atoms with Gasteiger partial charge in [0.25, 0.3) is 0 Å². The Bertz CT molecular complexity index is 438. The maximum atomic E-state index is 6.16.